The topological polar surface area (TPSA) is 107 Å². The van der Waals surface area contributed by atoms with Crippen molar-refractivity contribution >= 4 is 46.7 Å². The van der Waals surface area contributed by atoms with Crippen molar-refractivity contribution in [1.29, 1.82) is 0 Å². The average Bonchev–Trinajstić information content (AvgIpc) is 2.67. The number of sulfonamides is 1. The summed E-state index contributed by atoms with van der Waals surface area (Å²) in [5.74, 6) is -1.61. The minimum Gasteiger partial charge on any atom is -0.478 e. The molecule has 0 saturated carbocycles. The van der Waals surface area contributed by atoms with Crippen molar-refractivity contribution in [2.45, 2.75) is 31.6 Å². The van der Waals surface area contributed by atoms with E-state index in [1.54, 1.807) is 4.90 Å². The first kappa shape index (κ1) is 27.6. The average molecular weight is 470 g/mol. The summed E-state index contributed by atoms with van der Waals surface area (Å²) in [6, 6.07) is 3.67. The predicted molar refractivity (Wildman–Crippen MR) is 116 cm³/mol. The highest BCUT2D eigenvalue weighted by Gasteiger charge is 2.28. The second-order valence-electron chi connectivity index (χ2n) is 6.50. The van der Waals surface area contributed by atoms with Crippen LogP contribution in [0, 0.1) is 0 Å². The summed E-state index contributed by atoms with van der Waals surface area (Å²) in [4.78, 5) is 25.9. The van der Waals surface area contributed by atoms with E-state index in [1.165, 1.54) is 16.4 Å². The van der Waals surface area contributed by atoms with Crippen molar-refractivity contribution in [3.05, 3.63) is 29.3 Å². The van der Waals surface area contributed by atoms with Gasteiger partial charge in [0.2, 0.25) is 10.0 Å². The summed E-state index contributed by atoms with van der Waals surface area (Å²) in [7, 11) is -3.87. The number of nitrogens with one attached hydrogen (secondary N) is 1. The lowest BCUT2D eigenvalue weighted by atomic mass is 10.1. The molecule has 1 heterocycles. The van der Waals surface area contributed by atoms with Crippen molar-refractivity contribution in [1.82, 2.24) is 14.5 Å². The highest BCUT2D eigenvalue weighted by molar-refractivity contribution is 7.89. The fraction of sp³-hybridized carbons (Fsp3) is 0.556. The van der Waals surface area contributed by atoms with Gasteiger partial charge in [-0.05, 0) is 31.0 Å². The monoisotopic (exact) mass is 469 g/mol. The van der Waals surface area contributed by atoms with Crippen LogP contribution in [0.5, 0.6) is 0 Å². The van der Waals surface area contributed by atoms with Crippen LogP contribution in [0.15, 0.2) is 23.1 Å². The van der Waals surface area contributed by atoms with Gasteiger partial charge in [-0.3, -0.25) is 4.79 Å². The van der Waals surface area contributed by atoms with Crippen LogP contribution in [0.3, 0.4) is 0 Å². The van der Waals surface area contributed by atoms with Crippen molar-refractivity contribution < 1.29 is 23.1 Å². The Morgan fingerprint density at radius 2 is 1.55 bits per heavy atom. The number of hydrogen-bond donors (Lipinski definition) is 2. The van der Waals surface area contributed by atoms with Crippen LogP contribution in [0.4, 0.5) is 0 Å². The number of amides is 1. The fourth-order valence-corrected chi connectivity index (χ4v) is 4.58. The van der Waals surface area contributed by atoms with Gasteiger partial charge in [-0.1, -0.05) is 13.8 Å². The number of halogens is 2. The number of carboxylic acid groups (broad SMARTS) is 1. The molecule has 1 aromatic rings. The van der Waals surface area contributed by atoms with Gasteiger partial charge in [0.25, 0.3) is 5.91 Å². The Balaban J connectivity index is 0.00000392. The number of aromatic carboxylic acids is 1. The molecular weight excluding hydrogens is 441 g/mol. The van der Waals surface area contributed by atoms with E-state index in [0.29, 0.717) is 39.3 Å². The Hall–Kier alpha value is -1.39. The van der Waals surface area contributed by atoms with Crippen LogP contribution in [-0.2, 0) is 10.0 Å². The lowest BCUT2D eigenvalue weighted by Gasteiger charge is -2.27. The van der Waals surface area contributed by atoms with Gasteiger partial charge in [0, 0.05) is 44.8 Å². The number of carbonyl (C=O) groups is 2. The molecule has 0 radical (unpaired) electrons. The molecule has 2 N–H and O–H groups in total. The highest BCUT2D eigenvalue weighted by Crippen LogP contribution is 2.21. The molecule has 0 atom stereocenters. The maximum atomic E-state index is 12.9. The number of rotatable bonds is 8. The molecule has 1 aliphatic rings. The molecule has 0 spiro atoms. The third kappa shape index (κ3) is 6.82. The van der Waals surface area contributed by atoms with Crippen LogP contribution in [0.25, 0.3) is 0 Å². The Labute approximate surface area is 184 Å². The standard InChI is InChI=1S/C18H27N3O5S.2ClH/c1-3-7-20(8-4-2)17(22)14-11-15(18(23)24)13-16(12-14)27(25,26)21-9-5-19-6-10-21;;/h11-13,19H,3-10H2,1-2H3,(H,23,24);2*1H. The number of carboxylic acids is 1. The maximum absolute atomic E-state index is 12.9. The molecule has 0 bridgehead atoms. The molecule has 0 unspecified atom stereocenters. The van der Waals surface area contributed by atoms with E-state index in [9.17, 15) is 23.1 Å². The third-order valence-electron chi connectivity index (χ3n) is 4.39. The third-order valence-corrected chi connectivity index (χ3v) is 6.26. The summed E-state index contributed by atoms with van der Waals surface area (Å²) in [6.07, 6.45) is 1.52. The molecule has 166 valence electrons. The SMILES string of the molecule is CCCN(CCC)C(=O)c1cc(C(=O)O)cc(S(=O)(=O)N2CCNCC2)c1.Cl.Cl. The molecule has 2 rings (SSSR count). The molecule has 8 nitrogen and oxygen atoms in total. The van der Waals surface area contributed by atoms with E-state index in [1.807, 2.05) is 13.8 Å². The van der Waals surface area contributed by atoms with Crippen molar-refractivity contribution in [3.63, 3.8) is 0 Å². The minimum absolute atomic E-state index is 0. The Bertz CT molecular complexity index is 793. The predicted octanol–water partition coefficient (Wildman–Crippen LogP) is 2.08. The van der Waals surface area contributed by atoms with Crippen molar-refractivity contribution in [2.75, 3.05) is 39.3 Å². The van der Waals surface area contributed by atoms with E-state index < -0.39 is 16.0 Å². The smallest absolute Gasteiger partial charge is 0.335 e. The normalized spacial score (nSPS) is 14.4. The quantitative estimate of drug-likeness (QED) is 0.603. The number of piperazine rings is 1. The molecule has 1 amide bonds. The molecule has 1 aromatic carbocycles. The number of nitrogens with zero attached hydrogens (tertiary/aromatic N) is 2. The number of carbonyl (C=O) groups excluding carboxylic acids is 1. The zero-order chi connectivity index (χ0) is 20.0. The van der Waals surface area contributed by atoms with E-state index in [-0.39, 0.29) is 46.7 Å². The van der Waals surface area contributed by atoms with Crippen LogP contribution in [0.1, 0.15) is 47.4 Å². The number of benzene rings is 1. The molecule has 0 aromatic heterocycles. The van der Waals surface area contributed by atoms with E-state index in [0.717, 1.165) is 18.9 Å². The molecule has 0 aliphatic carbocycles. The van der Waals surface area contributed by atoms with Crippen LogP contribution in [0.2, 0.25) is 0 Å². The van der Waals surface area contributed by atoms with Gasteiger partial charge in [0.15, 0.2) is 0 Å². The molecule has 1 fully saturated rings. The molecular formula is C18H29Cl2N3O5S. The van der Waals surface area contributed by atoms with Gasteiger partial charge in [-0.15, -0.1) is 24.8 Å². The summed E-state index contributed by atoms with van der Waals surface area (Å²) in [6.45, 7) is 6.64. The Morgan fingerprint density at radius 3 is 2.03 bits per heavy atom. The molecule has 1 saturated heterocycles. The van der Waals surface area contributed by atoms with Crippen molar-refractivity contribution in [2.24, 2.45) is 0 Å². The zero-order valence-corrected chi connectivity index (χ0v) is 19.0. The van der Waals surface area contributed by atoms with Crippen LogP contribution >= 0.6 is 24.8 Å². The first-order valence-corrected chi connectivity index (χ1v) is 10.6. The maximum Gasteiger partial charge on any atom is 0.335 e. The van der Waals surface area contributed by atoms with Gasteiger partial charge < -0.3 is 15.3 Å². The Morgan fingerprint density at radius 1 is 1.03 bits per heavy atom. The lowest BCUT2D eigenvalue weighted by Crippen LogP contribution is -2.46. The van der Waals surface area contributed by atoms with Gasteiger partial charge >= 0.3 is 5.97 Å². The fourth-order valence-electron chi connectivity index (χ4n) is 3.07. The second-order valence-corrected chi connectivity index (χ2v) is 8.44. The van der Waals surface area contributed by atoms with E-state index in [2.05, 4.69) is 5.32 Å². The molecule has 29 heavy (non-hydrogen) atoms. The van der Waals surface area contributed by atoms with Gasteiger partial charge in [-0.25, -0.2) is 13.2 Å². The van der Waals surface area contributed by atoms with E-state index >= 15 is 0 Å². The van der Waals surface area contributed by atoms with E-state index in [4.69, 9.17) is 0 Å². The van der Waals surface area contributed by atoms with Crippen molar-refractivity contribution in [3.8, 4) is 0 Å². The molecule has 11 heteroatoms. The first-order chi connectivity index (χ1) is 12.8. The summed E-state index contributed by atoms with van der Waals surface area (Å²) in [5.41, 5.74) is -0.118. The largest absolute Gasteiger partial charge is 0.478 e. The van der Waals surface area contributed by atoms with Gasteiger partial charge in [0.05, 0.1) is 10.5 Å². The lowest BCUT2D eigenvalue weighted by molar-refractivity contribution is 0.0696. The first-order valence-electron chi connectivity index (χ1n) is 9.19. The molecule has 1 aliphatic heterocycles. The number of hydrogen-bond acceptors (Lipinski definition) is 5. The highest BCUT2D eigenvalue weighted by atomic mass is 35.5. The Kier molecular flexibility index (Phi) is 11.7. The summed E-state index contributed by atoms with van der Waals surface area (Å²) in [5, 5.41) is 12.5. The van der Waals surface area contributed by atoms with Gasteiger partial charge in [0.1, 0.15) is 0 Å². The zero-order valence-electron chi connectivity index (χ0n) is 16.6. The van der Waals surface area contributed by atoms with Crippen LogP contribution < -0.4 is 5.32 Å². The summed E-state index contributed by atoms with van der Waals surface area (Å²) < 4.78 is 27.2. The van der Waals surface area contributed by atoms with Crippen LogP contribution in [-0.4, -0.2) is 73.9 Å². The second kappa shape index (κ2) is 12.3. The minimum atomic E-state index is -3.87. The summed E-state index contributed by atoms with van der Waals surface area (Å²) >= 11 is 0. The van der Waals surface area contributed by atoms with Gasteiger partial charge in [-0.2, -0.15) is 4.31 Å².